The van der Waals surface area contributed by atoms with E-state index in [0.717, 1.165) is 6.08 Å². The zero-order valence-corrected chi connectivity index (χ0v) is 12.3. The van der Waals surface area contributed by atoms with E-state index in [0.29, 0.717) is 5.56 Å². The van der Waals surface area contributed by atoms with Crippen molar-refractivity contribution in [2.75, 3.05) is 0 Å². The van der Waals surface area contributed by atoms with Gasteiger partial charge in [0.05, 0.1) is 4.90 Å². The van der Waals surface area contributed by atoms with E-state index in [1.165, 1.54) is 24.3 Å². The second-order valence-corrected chi connectivity index (χ2v) is 6.48. The second kappa shape index (κ2) is 6.11. The minimum atomic E-state index is -4.11. The molecular weight excluding hydrogens is 312 g/mol. The molecule has 1 N–H and O–H groups in total. The maximum atomic E-state index is 12.4. The number of hydrogen-bond donors (Lipinski definition) is 1. The van der Waals surface area contributed by atoms with Crippen LogP contribution < -0.4 is 0 Å². The van der Waals surface area contributed by atoms with Crippen LogP contribution in [0.5, 0.6) is 0 Å². The number of carboxylic acid groups (broad SMARTS) is 1. The van der Waals surface area contributed by atoms with Crippen molar-refractivity contribution < 1.29 is 18.3 Å². The molecule has 0 spiro atoms. The van der Waals surface area contributed by atoms with Gasteiger partial charge in [-0.25, -0.2) is 13.2 Å². The Hall–Kier alpha value is -2.11. The third-order valence-electron chi connectivity index (χ3n) is 2.75. The summed E-state index contributed by atoms with van der Waals surface area (Å²) in [5.74, 6) is -1.53. The number of aliphatic carboxylic acids is 1. The molecule has 0 radical (unpaired) electrons. The lowest BCUT2D eigenvalue weighted by molar-refractivity contribution is -0.131. The molecule has 6 heteroatoms. The number of carboxylic acids is 1. The molecule has 0 saturated heterocycles. The lowest BCUT2D eigenvalue weighted by atomic mass is 10.2. The first-order valence-electron chi connectivity index (χ1n) is 5.92. The monoisotopic (exact) mass is 322 g/mol. The van der Waals surface area contributed by atoms with Crippen molar-refractivity contribution in [3.63, 3.8) is 0 Å². The van der Waals surface area contributed by atoms with Crippen molar-refractivity contribution in [1.82, 2.24) is 0 Å². The SMILES string of the molecule is O=C(O)/C(=C\c1ccccc1Cl)S(=O)(=O)c1ccccc1. The number of halogens is 1. The predicted molar refractivity (Wildman–Crippen MR) is 80.7 cm³/mol. The molecule has 0 aromatic heterocycles. The van der Waals surface area contributed by atoms with Crippen molar-refractivity contribution in [2.45, 2.75) is 4.90 Å². The molecule has 0 fully saturated rings. The van der Waals surface area contributed by atoms with Crippen LogP contribution in [0.4, 0.5) is 0 Å². The van der Waals surface area contributed by atoms with Crippen LogP contribution in [0.25, 0.3) is 6.08 Å². The van der Waals surface area contributed by atoms with E-state index in [1.54, 1.807) is 30.3 Å². The fourth-order valence-electron chi connectivity index (χ4n) is 1.71. The van der Waals surface area contributed by atoms with E-state index in [9.17, 15) is 18.3 Å². The molecule has 0 bridgehead atoms. The Labute approximate surface area is 127 Å². The molecule has 0 unspecified atom stereocenters. The zero-order valence-electron chi connectivity index (χ0n) is 10.7. The first kappa shape index (κ1) is 15.3. The average molecular weight is 323 g/mol. The highest BCUT2D eigenvalue weighted by atomic mass is 35.5. The predicted octanol–water partition coefficient (Wildman–Crippen LogP) is 3.24. The fourth-order valence-corrected chi connectivity index (χ4v) is 3.19. The molecule has 2 aromatic carbocycles. The van der Waals surface area contributed by atoms with Gasteiger partial charge in [0.15, 0.2) is 4.91 Å². The summed E-state index contributed by atoms with van der Waals surface area (Å²) in [5.41, 5.74) is 0.330. The molecule has 0 heterocycles. The molecule has 108 valence electrons. The van der Waals surface area contributed by atoms with Crippen LogP contribution in [0, 0.1) is 0 Å². The van der Waals surface area contributed by atoms with Gasteiger partial charge in [0.1, 0.15) is 0 Å². The van der Waals surface area contributed by atoms with Crippen LogP contribution in [0.2, 0.25) is 5.02 Å². The van der Waals surface area contributed by atoms with E-state index in [4.69, 9.17) is 11.6 Å². The quantitative estimate of drug-likeness (QED) is 0.877. The van der Waals surface area contributed by atoms with Crippen molar-refractivity contribution in [2.24, 2.45) is 0 Å². The molecule has 0 aliphatic heterocycles. The number of hydrogen-bond acceptors (Lipinski definition) is 3. The van der Waals surface area contributed by atoms with Gasteiger partial charge in [0, 0.05) is 5.02 Å². The Bertz CT molecular complexity index is 795. The van der Waals surface area contributed by atoms with Gasteiger partial charge >= 0.3 is 5.97 Å². The Balaban J connectivity index is 2.61. The molecule has 2 rings (SSSR count). The third-order valence-corrected chi connectivity index (χ3v) is 4.85. The number of sulfone groups is 1. The molecule has 2 aromatic rings. The zero-order chi connectivity index (χ0) is 15.5. The van der Waals surface area contributed by atoms with Gasteiger partial charge in [-0.1, -0.05) is 48.0 Å². The molecule has 0 saturated carbocycles. The Morgan fingerprint density at radius 3 is 2.14 bits per heavy atom. The van der Waals surface area contributed by atoms with Crippen LogP contribution in [0.3, 0.4) is 0 Å². The highest BCUT2D eigenvalue weighted by molar-refractivity contribution is 7.96. The fraction of sp³-hybridized carbons (Fsp3) is 0. The minimum Gasteiger partial charge on any atom is -0.477 e. The summed E-state index contributed by atoms with van der Waals surface area (Å²) in [6.45, 7) is 0. The van der Waals surface area contributed by atoms with Crippen LogP contribution in [-0.4, -0.2) is 19.5 Å². The lowest BCUT2D eigenvalue weighted by Gasteiger charge is -2.06. The standard InChI is InChI=1S/C15H11ClO4S/c16-13-9-5-4-6-11(13)10-14(15(17)18)21(19,20)12-7-2-1-3-8-12/h1-10H,(H,17,18)/b14-10+. The van der Waals surface area contributed by atoms with E-state index in [1.807, 2.05) is 0 Å². The van der Waals surface area contributed by atoms with Gasteiger partial charge in [-0.3, -0.25) is 0 Å². The molecule has 0 atom stereocenters. The van der Waals surface area contributed by atoms with Crippen LogP contribution in [0.15, 0.2) is 64.4 Å². The van der Waals surface area contributed by atoms with Gasteiger partial charge in [-0.2, -0.15) is 0 Å². The smallest absolute Gasteiger partial charge is 0.347 e. The van der Waals surface area contributed by atoms with E-state index in [-0.39, 0.29) is 9.92 Å². The maximum Gasteiger partial charge on any atom is 0.347 e. The topological polar surface area (TPSA) is 71.4 Å². The Morgan fingerprint density at radius 1 is 1.00 bits per heavy atom. The minimum absolute atomic E-state index is 0.0781. The lowest BCUT2D eigenvalue weighted by Crippen LogP contribution is -2.13. The summed E-state index contributed by atoms with van der Waals surface area (Å²) in [4.78, 5) is 10.5. The van der Waals surface area contributed by atoms with E-state index >= 15 is 0 Å². The van der Waals surface area contributed by atoms with Gasteiger partial charge in [0.2, 0.25) is 9.84 Å². The van der Waals surface area contributed by atoms with Crippen LogP contribution >= 0.6 is 11.6 Å². The summed E-state index contributed by atoms with van der Waals surface area (Å²) in [6, 6.07) is 13.8. The highest BCUT2D eigenvalue weighted by Crippen LogP contribution is 2.24. The normalized spacial score (nSPS) is 12.1. The van der Waals surface area contributed by atoms with Gasteiger partial charge < -0.3 is 5.11 Å². The summed E-state index contributed by atoms with van der Waals surface area (Å²) >= 11 is 5.94. The van der Waals surface area contributed by atoms with Crippen molar-refractivity contribution in [3.8, 4) is 0 Å². The van der Waals surface area contributed by atoms with Gasteiger partial charge in [0.25, 0.3) is 0 Å². The van der Waals surface area contributed by atoms with Crippen molar-refractivity contribution >= 4 is 33.5 Å². The maximum absolute atomic E-state index is 12.4. The third kappa shape index (κ3) is 3.32. The molecule has 0 aliphatic rings. The number of carbonyl (C=O) groups is 1. The molecule has 0 aliphatic carbocycles. The number of rotatable bonds is 4. The summed E-state index contributed by atoms with van der Waals surface area (Å²) in [5, 5.41) is 9.51. The van der Waals surface area contributed by atoms with Crippen molar-refractivity contribution in [3.05, 3.63) is 70.1 Å². The summed E-state index contributed by atoms with van der Waals surface area (Å²) in [7, 11) is -4.11. The van der Waals surface area contributed by atoms with Crippen LogP contribution in [0.1, 0.15) is 5.56 Å². The summed E-state index contributed by atoms with van der Waals surface area (Å²) in [6.07, 6.45) is 1.06. The Kier molecular flexibility index (Phi) is 4.45. The first-order chi connectivity index (χ1) is 9.93. The van der Waals surface area contributed by atoms with E-state index in [2.05, 4.69) is 0 Å². The first-order valence-corrected chi connectivity index (χ1v) is 7.78. The number of benzene rings is 2. The summed E-state index contributed by atoms with van der Waals surface area (Å²) < 4.78 is 24.8. The van der Waals surface area contributed by atoms with Gasteiger partial charge in [-0.15, -0.1) is 0 Å². The molecule has 21 heavy (non-hydrogen) atoms. The molecule has 0 amide bonds. The second-order valence-electron chi connectivity index (χ2n) is 4.15. The largest absolute Gasteiger partial charge is 0.477 e. The highest BCUT2D eigenvalue weighted by Gasteiger charge is 2.26. The molecular formula is C15H11ClO4S. The van der Waals surface area contributed by atoms with Crippen molar-refractivity contribution in [1.29, 1.82) is 0 Å². The van der Waals surface area contributed by atoms with Gasteiger partial charge in [-0.05, 0) is 29.8 Å². The Morgan fingerprint density at radius 2 is 1.57 bits per heavy atom. The van der Waals surface area contributed by atoms with Crippen LogP contribution in [-0.2, 0) is 14.6 Å². The molecule has 4 nitrogen and oxygen atoms in total. The van der Waals surface area contributed by atoms with E-state index < -0.39 is 20.7 Å². The average Bonchev–Trinajstić information content (AvgIpc) is 2.46.